The number of aromatic nitrogens is 2. The Labute approximate surface area is 114 Å². The summed E-state index contributed by atoms with van der Waals surface area (Å²) in [5.41, 5.74) is 4.62. The van der Waals surface area contributed by atoms with Crippen LogP contribution in [0.3, 0.4) is 0 Å². The molecule has 0 saturated heterocycles. The Kier molecular flexibility index (Phi) is 4.38. The third-order valence-corrected chi connectivity index (χ3v) is 3.59. The highest BCUT2D eigenvalue weighted by Gasteiger charge is 2.15. The van der Waals surface area contributed by atoms with Crippen molar-refractivity contribution < 1.29 is 5.11 Å². The van der Waals surface area contributed by atoms with Gasteiger partial charge in [-0.3, -0.25) is 0 Å². The first-order valence-electron chi connectivity index (χ1n) is 6.86. The summed E-state index contributed by atoms with van der Waals surface area (Å²) in [6, 6.07) is 6.25. The van der Waals surface area contributed by atoms with Crippen molar-refractivity contribution in [1.82, 2.24) is 9.55 Å². The molecule has 1 heterocycles. The molecule has 0 radical (unpaired) electrons. The standard InChI is InChI=1S/C16H22N2O/c1-4-8-18-11-17-10-15(18)16(19)9-14-12(2)6-5-7-13(14)3/h5-7,10-11,16,19H,4,8-9H2,1-3H3. The van der Waals surface area contributed by atoms with E-state index in [0.29, 0.717) is 6.42 Å². The van der Waals surface area contributed by atoms with Gasteiger partial charge in [-0.05, 0) is 37.0 Å². The summed E-state index contributed by atoms with van der Waals surface area (Å²) in [6.07, 6.45) is 4.77. The van der Waals surface area contributed by atoms with Crippen LogP contribution in [0.5, 0.6) is 0 Å². The maximum atomic E-state index is 10.5. The van der Waals surface area contributed by atoms with E-state index < -0.39 is 6.10 Å². The van der Waals surface area contributed by atoms with Crippen LogP contribution in [-0.2, 0) is 13.0 Å². The van der Waals surface area contributed by atoms with Crippen molar-refractivity contribution in [2.75, 3.05) is 0 Å². The molecule has 3 nitrogen and oxygen atoms in total. The van der Waals surface area contributed by atoms with Gasteiger partial charge in [0.15, 0.2) is 0 Å². The zero-order valence-electron chi connectivity index (χ0n) is 11.9. The minimum Gasteiger partial charge on any atom is -0.386 e. The van der Waals surface area contributed by atoms with Crippen molar-refractivity contribution in [2.45, 2.75) is 46.3 Å². The van der Waals surface area contributed by atoms with Crippen LogP contribution in [0.15, 0.2) is 30.7 Å². The Morgan fingerprint density at radius 1 is 1.26 bits per heavy atom. The van der Waals surface area contributed by atoms with E-state index >= 15 is 0 Å². The largest absolute Gasteiger partial charge is 0.386 e. The van der Waals surface area contributed by atoms with Crippen molar-refractivity contribution >= 4 is 0 Å². The summed E-state index contributed by atoms with van der Waals surface area (Å²) in [6.45, 7) is 7.22. The van der Waals surface area contributed by atoms with E-state index in [4.69, 9.17) is 0 Å². The molecule has 1 N–H and O–H groups in total. The Bertz CT molecular complexity index is 525. The second-order valence-corrected chi connectivity index (χ2v) is 5.10. The van der Waals surface area contributed by atoms with Crippen LogP contribution in [0.25, 0.3) is 0 Å². The Morgan fingerprint density at radius 2 is 1.95 bits per heavy atom. The fourth-order valence-electron chi connectivity index (χ4n) is 2.51. The van der Waals surface area contributed by atoms with Gasteiger partial charge in [0.2, 0.25) is 0 Å². The van der Waals surface area contributed by atoms with E-state index in [1.807, 2.05) is 4.57 Å². The first-order valence-corrected chi connectivity index (χ1v) is 6.86. The van der Waals surface area contributed by atoms with Crippen molar-refractivity contribution in [3.63, 3.8) is 0 Å². The molecule has 0 amide bonds. The van der Waals surface area contributed by atoms with Crippen LogP contribution in [0.1, 0.15) is 41.8 Å². The molecule has 2 rings (SSSR count). The van der Waals surface area contributed by atoms with Crippen LogP contribution >= 0.6 is 0 Å². The number of aliphatic hydroxyl groups is 1. The SMILES string of the molecule is CCCn1cncc1C(O)Cc1c(C)cccc1C. The van der Waals surface area contributed by atoms with Gasteiger partial charge in [0.1, 0.15) is 0 Å². The van der Waals surface area contributed by atoms with Gasteiger partial charge >= 0.3 is 0 Å². The van der Waals surface area contributed by atoms with Gasteiger partial charge < -0.3 is 9.67 Å². The van der Waals surface area contributed by atoms with Crippen molar-refractivity contribution in [2.24, 2.45) is 0 Å². The highest BCUT2D eigenvalue weighted by molar-refractivity contribution is 5.34. The summed E-state index contributed by atoms with van der Waals surface area (Å²) in [7, 11) is 0. The van der Waals surface area contributed by atoms with Gasteiger partial charge in [0, 0.05) is 13.0 Å². The number of aliphatic hydroxyl groups excluding tert-OH is 1. The molecule has 19 heavy (non-hydrogen) atoms. The lowest BCUT2D eigenvalue weighted by atomic mass is 9.96. The van der Waals surface area contributed by atoms with Gasteiger partial charge in [-0.2, -0.15) is 0 Å². The minimum atomic E-state index is -0.492. The fourth-order valence-corrected chi connectivity index (χ4v) is 2.51. The smallest absolute Gasteiger partial charge is 0.0996 e. The van der Waals surface area contributed by atoms with Crippen molar-refractivity contribution in [3.05, 3.63) is 53.1 Å². The second-order valence-electron chi connectivity index (χ2n) is 5.10. The summed E-state index contributed by atoms with van der Waals surface area (Å²) < 4.78 is 2.04. The molecule has 1 aromatic carbocycles. The second kappa shape index (κ2) is 6.02. The summed E-state index contributed by atoms with van der Waals surface area (Å²) in [5.74, 6) is 0. The predicted octanol–water partition coefficient (Wildman–Crippen LogP) is 3.19. The Morgan fingerprint density at radius 3 is 2.58 bits per heavy atom. The highest BCUT2D eigenvalue weighted by Crippen LogP contribution is 2.22. The van der Waals surface area contributed by atoms with Crippen molar-refractivity contribution in [1.29, 1.82) is 0 Å². The van der Waals surface area contributed by atoms with Crippen LogP contribution in [0.4, 0.5) is 0 Å². The third-order valence-electron chi connectivity index (χ3n) is 3.59. The zero-order valence-corrected chi connectivity index (χ0v) is 11.9. The van der Waals surface area contributed by atoms with Crippen LogP contribution in [0, 0.1) is 13.8 Å². The average Bonchev–Trinajstić information content (AvgIpc) is 2.83. The molecule has 0 aliphatic heterocycles. The molecule has 0 aliphatic rings. The van der Waals surface area contributed by atoms with E-state index in [9.17, 15) is 5.11 Å². The molecule has 1 atom stereocenters. The molecule has 102 valence electrons. The molecule has 2 aromatic rings. The maximum Gasteiger partial charge on any atom is 0.0996 e. The molecule has 0 aliphatic carbocycles. The molecule has 3 heteroatoms. The summed E-state index contributed by atoms with van der Waals surface area (Å²) in [5, 5.41) is 10.5. The van der Waals surface area contributed by atoms with Crippen LogP contribution in [0.2, 0.25) is 0 Å². The summed E-state index contributed by atoms with van der Waals surface area (Å²) in [4.78, 5) is 4.15. The van der Waals surface area contributed by atoms with E-state index in [1.54, 1.807) is 12.5 Å². The monoisotopic (exact) mass is 258 g/mol. The van der Waals surface area contributed by atoms with Crippen LogP contribution < -0.4 is 0 Å². The van der Waals surface area contributed by atoms with E-state index in [1.165, 1.54) is 16.7 Å². The average molecular weight is 258 g/mol. The fraction of sp³-hybridized carbons (Fsp3) is 0.438. The number of hydrogen-bond donors (Lipinski definition) is 1. The number of imidazole rings is 1. The van der Waals surface area contributed by atoms with E-state index in [-0.39, 0.29) is 0 Å². The number of hydrogen-bond acceptors (Lipinski definition) is 2. The lowest BCUT2D eigenvalue weighted by Gasteiger charge is -2.16. The molecular formula is C16H22N2O. The highest BCUT2D eigenvalue weighted by atomic mass is 16.3. The molecule has 1 unspecified atom stereocenters. The number of rotatable bonds is 5. The number of nitrogens with zero attached hydrogens (tertiary/aromatic N) is 2. The van der Waals surface area contributed by atoms with E-state index in [0.717, 1.165) is 18.7 Å². The topological polar surface area (TPSA) is 38.0 Å². The normalized spacial score (nSPS) is 12.6. The quantitative estimate of drug-likeness (QED) is 0.894. The predicted molar refractivity (Wildman–Crippen MR) is 77.1 cm³/mol. The Balaban J connectivity index is 2.21. The van der Waals surface area contributed by atoms with Gasteiger partial charge in [0.05, 0.1) is 24.3 Å². The Hall–Kier alpha value is -1.61. The molecule has 0 spiro atoms. The zero-order chi connectivity index (χ0) is 13.8. The number of benzene rings is 1. The first kappa shape index (κ1) is 13.8. The van der Waals surface area contributed by atoms with Gasteiger partial charge in [0.25, 0.3) is 0 Å². The minimum absolute atomic E-state index is 0.492. The van der Waals surface area contributed by atoms with Gasteiger partial charge in [-0.15, -0.1) is 0 Å². The molecule has 0 fully saturated rings. The van der Waals surface area contributed by atoms with Gasteiger partial charge in [-0.25, -0.2) is 4.98 Å². The van der Waals surface area contributed by atoms with Gasteiger partial charge in [-0.1, -0.05) is 25.1 Å². The molecule has 0 saturated carbocycles. The maximum absolute atomic E-state index is 10.5. The molecular weight excluding hydrogens is 236 g/mol. The first-order chi connectivity index (χ1) is 9.13. The molecule has 1 aromatic heterocycles. The van der Waals surface area contributed by atoms with E-state index in [2.05, 4.69) is 44.0 Å². The lowest BCUT2D eigenvalue weighted by molar-refractivity contribution is 0.168. The third kappa shape index (κ3) is 3.04. The summed E-state index contributed by atoms with van der Waals surface area (Å²) >= 11 is 0. The molecule has 0 bridgehead atoms. The van der Waals surface area contributed by atoms with Crippen LogP contribution in [-0.4, -0.2) is 14.7 Å². The lowest BCUT2D eigenvalue weighted by Crippen LogP contribution is -2.10. The number of aryl methyl sites for hydroxylation is 3. The van der Waals surface area contributed by atoms with Crippen molar-refractivity contribution in [3.8, 4) is 0 Å².